The maximum Gasteiger partial charge on any atom is 0.449 e. The molecule has 0 heterocycles. The van der Waals surface area contributed by atoms with Crippen LogP contribution in [0.1, 0.15) is 44.1 Å². The molecule has 1 aromatic rings. The van der Waals surface area contributed by atoms with E-state index in [1.165, 1.54) is 0 Å². The van der Waals surface area contributed by atoms with Crippen LogP contribution < -0.4 is 10.1 Å². The third kappa shape index (κ3) is 7.99. The highest BCUT2D eigenvalue weighted by Gasteiger charge is 2.36. The second-order valence-corrected chi connectivity index (χ2v) is 5.46. The number of ether oxygens (including phenoxy) is 1. The maximum atomic E-state index is 12.0. The lowest BCUT2D eigenvalue weighted by atomic mass is 10.1. The second-order valence-electron chi connectivity index (χ2n) is 5.46. The number of hydrogen-bond donors (Lipinski definition) is 1. The molecular weight excluding hydrogens is 323 g/mol. The number of Topliss-reactive ketones (excluding diaryl/α,β-unsaturated/α-hetero) is 1. The number of ketones is 1. The van der Waals surface area contributed by atoms with Crippen molar-refractivity contribution in [1.82, 2.24) is 5.32 Å². The number of methoxy groups -OCH3 is 1. The molecule has 0 fully saturated rings. The number of carbonyl (C=O) groups is 2. The summed E-state index contributed by atoms with van der Waals surface area (Å²) in [5.74, 6) is -1.04. The van der Waals surface area contributed by atoms with Crippen molar-refractivity contribution in [1.29, 1.82) is 0 Å². The Hall–Kier alpha value is -2.05. The Morgan fingerprint density at radius 1 is 1.00 bits per heavy atom. The van der Waals surface area contributed by atoms with Crippen LogP contribution in [0.25, 0.3) is 0 Å². The van der Waals surface area contributed by atoms with Crippen LogP contribution in [0.5, 0.6) is 5.75 Å². The lowest BCUT2D eigenvalue weighted by Gasteiger charge is -2.07. The lowest BCUT2D eigenvalue weighted by molar-refractivity contribution is -0.171. The second kappa shape index (κ2) is 9.95. The number of rotatable bonds is 10. The van der Waals surface area contributed by atoms with Crippen molar-refractivity contribution >= 4 is 11.7 Å². The van der Waals surface area contributed by atoms with Gasteiger partial charge in [-0.3, -0.25) is 9.59 Å². The number of unbranched alkanes of at least 4 members (excludes halogenated alkanes) is 3. The van der Waals surface area contributed by atoms with E-state index in [2.05, 4.69) is 5.32 Å². The number of alkyl halides is 3. The third-order valence-electron chi connectivity index (χ3n) is 3.52. The minimum atomic E-state index is -4.73. The quantitative estimate of drug-likeness (QED) is 0.657. The van der Waals surface area contributed by atoms with Gasteiger partial charge in [0.25, 0.3) is 0 Å². The first kappa shape index (κ1) is 20.0. The van der Waals surface area contributed by atoms with Gasteiger partial charge in [0.2, 0.25) is 11.7 Å². The zero-order valence-electron chi connectivity index (χ0n) is 13.6. The molecule has 4 nitrogen and oxygen atoms in total. The summed E-state index contributed by atoms with van der Waals surface area (Å²) in [6, 6.07) is 7.33. The van der Waals surface area contributed by atoms with E-state index in [1.807, 2.05) is 24.3 Å². The molecule has 0 aromatic heterocycles. The molecule has 0 atom stereocenters. The van der Waals surface area contributed by atoms with E-state index < -0.39 is 18.4 Å². The molecule has 0 radical (unpaired) electrons. The van der Waals surface area contributed by atoms with E-state index in [0.717, 1.165) is 11.3 Å². The Kier molecular flexibility index (Phi) is 8.29. The molecule has 0 spiro atoms. The zero-order chi connectivity index (χ0) is 18.0. The number of nitrogens with one attached hydrogen (secondary N) is 1. The molecule has 0 unspecified atom stereocenters. The molecule has 0 bridgehead atoms. The van der Waals surface area contributed by atoms with Crippen LogP contribution in [-0.2, 0) is 16.1 Å². The fourth-order valence-electron chi connectivity index (χ4n) is 2.10. The van der Waals surface area contributed by atoms with Gasteiger partial charge in [0.15, 0.2) is 0 Å². The predicted molar refractivity (Wildman–Crippen MR) is 83.6 cm³/mol. The van der Waals surface area contributed by atoms with Gasteiger partial charge in [-0.1, -0.05) is 25.0 Å². The molecule has 0 aliphatic carbocycles. The summed E-state index contributed by atoms with van der Waals surface area (Å²) in [6.45, 7) is 0.420. The molecular formula is C17H22F3NO3. The van der Waals surface area contributed by atoms with E-state index >= 15 is 0 Å². The Balaban J connectivity index is 2.08. The summed E-state index contributed by atoms with van der Waals surface area (Å²) in [7, 11) is 1.58. The normalized spacial score (nSPS) is 11.2. The van der Waals surface area contributed by atoms with Crippen LogP contribution >= 0.6 is 0 Å². The Bertz CT molecular complexity index is 527. The first-order chi connectivity index (χ1) is 11.3. The Morgan fingerprint density at radius 3 is 2.12 bits per heavy atom. The minimum Gasteiger partial charge on any atom is -0.497 e. The van der Waals surface area contributed by atoms with E-state index in [-0.39, 0.29) is 12.3 Å². The van der Waals surface area contributed by atoms with Crippen LogP contribution in [0.3, 0.4) is 0 Å². The van der Waals surface area contributed by atoms with Crippen LogP contribution in [0.2, 0.25) is 0 Å². The van der Waals surface area contributed by atoms with Gasteiger partial charge in [0.05, 0.1) is 7.11 Å². The predicted octanol–water partition coefficient (Wildman–Crippen LogP) is 3.78. The zero-order valence-corrected chi connectivity index (χ0v) is 13.6. The van der Waals surface area contributed by atoms with E-state index in [4.69, 9.17) is 4.74 Å². The van der Waals surface area contributed by atoms with Crippen LogP contribution in [-0.4, -0.2) is 25.0 Å². The fourth-order valence-corrected chi connectivity index (χ4v) is 2.10. The molecule has 0 saturated carbocycles. The summed E-state index contributed by atoms with van der Waals surface area (Å²) in [5.41, 5.74) is 0.954. The van der Waals surface area contributed by atoms with E-state index in [0.29, 0.717) is 32.2 Å². The Labute approximate surface area is 139 Å². The number of halogens is 3. The molecule has 24 heavy (non-hydrogen) atoms. The molecule has 1 amide bonds. The standard InChI is InChI=1S/C17H22F3NO3/c1-24-14-10-8-13(9-11-14)12-21-16(23)7-5-3-2-4-6-15(22)17(18,19)20/h8-11H,2-7,12H2,1H3,(H,21,23). The lowest BCUT2D eigenvalue weighted by Crippen LogP contribution is -2.22. The SMILES string of the molecule is COc1ccc(CNC(=O)CCCCCCC(=O)C(F)(F)F)cc1. The summed E-state index contributed by atoms with van der Waals surface area (Å²) in [5, 5.41) is 2.78. The maximum absolute atomic E-state index is 12.0. The van der Waals surface area contributed by atoms with Gasteiger partial charge >= 0.3 is 6.18 Å². The first-order valence-corrected chi connectivity index (χ1v) is 7.82. The van der Waals surface area contributed by atoms with Gasteiger partial charge < -0.3 is 10.1 Å². The highest BCUT2D eigenvalue weighted by molar-refractivity contribution is 5.83. The Morgan fingerprint density at radius 2 is 1.58 bits per heavy atom. The van der Waals surface area contributed by atoms with Crippen molar-refractivity contribution in [3.63, 3.8) is 0 Å². The minimum absolute atomic E-state index is 0.0998. The summed E-state index contributed by atoms with van der Waals surface area (Å²) < 4.78 is 41.0. The molecule has 0 aliphatic heterocycles. The largest absolute Gasteiger partial charge is 0.497 e. The molecule has 134 valence electrons. The average Bonchev–Trinajstić information content (AvgIpc) is 2.55. The van der Waals surface area contributed by atoms with Gasteiger partial charge in [0.1, 0.15) is 5.75 Å². The van der Waals surface area contributed by atoms with E-state index in [1.54, 1.807) is 7.11 Å². The third-order valence-corrected chi connectivity index (χ3v) is 3.52. The van der Waals surface area contributed by atoms with Crippen LogP contribution in [0.15, 0.2) is 24.3 Å². The van der Waals surface area contributed by atoms with Gasteiger partial charge in [0, 0.05) is 19.4 Å². The molecule has 0 aliphatic rings. The van der Waals surface area contributed by atoms with Crippen molar-refractivity contribution in [2.24, 2.45) is 0 Å². The monoisotopic (exact) mass is 345 g/mol. The van der Waals surface area contributed by atoms with Gasteiger partial charge in [-0.2, -0.15) is 13.2 Å². The molecule has 0 saturated heterocycles. The van der Waals surface area contributed by atoms with E-state index in [9.17, 15) is 22.8 Å². The van der Waals surface area contributed by atoms with Crippen molar-refractivity contribution in [3.8, 4) is 5.75 Å². The van der Waals surface area contributed by atoms with Gasteiger partial charge in [-0.15, -0.1) is 0 Å². The topological polar surface area (TPSA) is 55.4 Å². The molecule has 1 rings (SSSR count). The molecule has 1 N–H and O–H groups in total. The van der Waals surface area contributed by atoms with Crippen LogP contribution in [0.4, 0.5) is 13.2 Å². The van der Waals surface area contributed by atoms with Gasteiger partial charge in [-0.25, -0.2) is 0 Å². The number of carbonyl (C=O) groups excluding carboxylic acids is 2. The summed E-state index contributed by atoms with van der Waals surface area (Å²) >= 11 is 0. The summed E-state index contributed by atoms with van der Waals surface area (Å²) in [4.78, 5) is 22.3. The first-order valence-electron chi connectivity index (χ1n) is 7.82. The average molecular weight is 345 g/mol. The van der Waals surface area contributed by atoms with Crippen molar-refractivity contribution in [2.45, 2.75) is 51.2 Å². The smallest absolute Gasteiger partial charge is 0.449 e. The number of benzene rings is 1. The number of hydrogen-bond acceptors (Lipinski definition) is 3. The highest BCUT2D eigenvalue weighted by atomic mass is 19.4. The van der Waals surface area contributed by atoms with Crippen LogP contribution in [0, 0.1) is 0 Å². The van der Waals surface area contributed by atoms with Gasteiger partial charge in [-0.05, 0) is 30.5 Å². The summed E-state index contributed by atoms with van der Waals surface area (Å²) in [6.07, 6.45) is -2.97. The number of amides is 1. The molecule has 7 heteroatoms. The fraction of sp³-hybridized carbons (Fsp3) is 0.529. The van der Waals surface area contributed by atoms with Crippen molar-refractivity contribution in [3.05, 3.63) is 29.8 Å². The van der Waals surface area contributed by atoms with Crippen molar-refractivity contribution < 1.29 is 27.5 Å². The van der Waals surface area contributed by atoms with Crippen molar-refractivity contribution in [2.75, 3.05) is 7.11 Å². The highest BCUT2D eigenvalue weighted by Crippen LogP contribution is 2.19. The molecule has 1 aromatic carbocycles.